The summed E-state index contributed by atoms with van der Waals surface area (Å²) in [6, 6.07) is 39.4. The highest BCUT2D eigenvalue weighted by molar-refractivity contribution is 5.90. The van der Waals surface area contributed by atoms with E-state index in [1.807, 2.05) is 24.3 Å². The monoisotopic (exact) mass is 1020 g/mol. The first-order valence-corrected chi connectivity index (χ1v) is 27.1. The third-order valence-corrected chi connectivity index (χ3v) is 16.6. The number of aliphatic hydroxyl groups is 3. The van der Waals surface area contributed by atoms with Gasteiger partial charge in [-0.25, -0.2) is 9.59 Å². The van der Waals surface area contributed by atoms with Gasteiger partial charge >= 0.3 is 17.6 Å². The van der Waals surface area contributed by atoms with E-state index in [1.54, 1.807) is 19.1 Å². The van der Waals surface area contributed by atoms with Crippen LogP contribution in [0.4, 0.5) is 0 Å². The average molecular weight is 1030 g/mol. The zero-order chi connectivity index (χ0) is 52.8. The minimum absolute atomic E-state index is 0.00103. The number of carbonyl (C=O) groups is 2. The molecular weight excluding hydrogens is 957 g/mol. The fourth-order valence-electron chi connectivity index (χ4n) is 12.7. The number of aliphatic hydroxyl groups excluding tert-OH is 3. The van der Waals surface area contributed by atoms with Crippen LogP contribution in [-0.4, -0.2) is 65.9 Å². The van der Waals surface area contributed by atoms with Crippen LogP contribution in [0.5, 0.6) is 5.75 Å². The molecular formula is C65H68O11. The van der Waals surface area contributed by atoms with Crippen molar-refractivity contribution in [2.24, 2.45) is 5.92 Å². The smallest absolute Gasteiger partial charge is 0.340 e. The van der Waals surface area contributed by atoms with Gasteiger partial charge in [-0.05, 0) is 151 Å². The van der Waals surface area contributed by atoms with E-state index in [0.29, 0.717) is 48.6 Å². The van der Waals surface area contributed by atoms with Crippen LogP contribution in [0.1, 0.15) is 144 Å². The van der Waals surface area contributed by atoms with E-state index in [0.717, 1.165) is 47.9 Å². The number of carbonyl (C=O) groups excluding carboxylic acids is 2. The van der Waals surface area contributed by atoms with Gasteiger partial charge in [0.05, 0.1) is 31.8 Å². The van der Waals surface area contributed by atoms with Gasteiger partial charge in [-0.1, -0.05) is 115 Å². The Morgan fingerprint density at radius 2 is 1.63 bits per heavy atom. The highest BCUT2D eigenvalue weighted by Gasteiger charge is 2.55. The van der Waals surface area contributed by atoms with Crippen molar-refractivity contribution < 1.29 is 48.3 Å². The van der Waals surface area contributed by atoms with E-state index in [1.165, 1.54) is 23.8 Å². The van der Waals surface area contributed by atoms with Gasteiger partial charge in [0.25, 0.3) is 0 Å². The van der Waals surface area contributed by atoms with Gasteiger partial charge in [0.15, 0.2) is 17.8 Å². The minimum atomic E-state index is -1.41. The lowest BCUT2D eigenvalue weighted by molar-refractivity contribution is -0.194. The lowest BCUT2D eigenvalue weighted by atomic mass is 9.67. The van der Waals surface area contributed by atoms with Crippen LogP contribution in [-0.2, 0) is 56.1 Å². The normalized spacial score (nSPS) is 23.4. The van der Waals surface area contributed by atoms with E-state index < -0.39 is 47.9 Å². The number of ether oxygens (including phenoxy) is 4. The fraction of sp³-hybridized carbons (Fsp3) is 0.400. The molecule has 1 fully saturated rings. The largest absolute Gasteiger partial charge is 0.482 e. The Labute approximate surface area is 444 Å². The number of esters is 2. The molecule has 0 unspecified atom stereocenters. The van der Waals surface area contributed by atoms with Gasteiger partial charge in [-0.3, -0.25) is 4.79 Å². The molecule has 10 rings (SSSR count). The molecule has 5 bridgehead atoms. The number of fused-ring (bicyclic) bond motifs is 9. The molecule has 0 radical (unpaired) electrons. The summed E-state index contributed by atoms with van der Waals surface area (Å²) in [5.74, 6) is 5.52. The van der Waals surface area contributed by atoms with Crippen LogP contribution in [0.3, 0.4) is 0 Å². The first kappa shape index (κ1) is 52.6. The maximum atomic E-state index is 15.5. The summed E-state index contributed by atoms with van der Waals surface area (Å²) < 4.78 is 32.9. The summed E-state index contributed by atoms with van der Waals surface area (Å²) in [4.78, 5) is 45.1. The maximum Gasteiger partial charge on any atom is 0.340 e. The summed E-state index contributed by atoms with van der Waals surface area (Å²) in [5.41, 5.74) is 7.33. The maximum absolute atomic E-state index is 15.5. The van der Waals surface area contributed by atoms with Crippen LogP contribution >= 0.6 is 0 Å². The summed E-state index contributed by atoms with van der Waals surface area (Å²) in [6.07, 6.45) is 3.62. The second-order valence-corrected chi connectivity index (χ2v) is 21.3. The highest BCUT2D eigenvalue weighted by atomic mass is 16.6. The second-order valence-electron chi connectivity index (χ2n) is 21.3. The van der Waals surface area contributed by atoms with Crippen molar-refractivity contribution in [3.8, 4) is 17.6 Å². The van der Waals surface area contributed by atoms with E-state index in [9.17, 15) is 20.1 Å². The van der Waals surface area contributed by atoms with Gasteiger partial charge in [0.2, 0.25) is 0 Å². The van der Waals surface area contributed by atoms with Crippen LogP contribution in [0, 0.1) is 17.8 Å². The van der Waals surface area contributed by atoms with Crippen molar-refractivity contribution in [3.63, 3.8) is 0 Å². The van der Waals surface area contributed by atoms with Crippen molar-refractivity contribution in [1.29, 1.82) is 0 Å². The molecule has 7 atom stereocenters. The Hall–Kier alpha value is -6.81. The third kappa shape index (κ3) is 11.1. The molecule has 3 N–H and O–H groups in total. The summed E-state index contributed by atoms with van der Waals surface area (Å²) in [5, 5.41) is 32.2. The van der Waals surface area contributed by atoms with Crippen LogP contribution in [0.2, 0.25) is 0 Å². The Balaban J connectivity index is 1.15. The lowest BCUT2D eigenvalue weighted by Crippen LogP contribution is -2.56. The van der Waals surface area contributed by atoms with Crippen molar-refractivity contribution >= 4 is 22.9 Å². The molecule has 5 aromatic carbocycles. The van der Waals surface area contributed by atoms with Crippen molar-refractivity contribution in [2.45, 2.75) is 133 Å². The molecule has 1 aliphatic carbocycles. The van der Waals surface area contributed by atoms with E-state index in [-0.39, 0.29) is 91.3 Å². The van der Waals surface area contributed by atoms with Gasteiger partial charge in [-0.2, -0.15) is 0 Å². The van der Waals surface area contributed by atoms with Gasteiger partial charge in [0.1, 0.15) is 11.3 Å². The zero-order valence-electron chi connectivity index (χ0n) is 43.6. The Morgan fingerprint density at radius 3 is 2.39 bits per heavy atom. The molecule has 1 saturated carbocycles. The number of hydrogen-bond donors (Lipinski definition) is 3. The standard InChI is InChI=1S/C65H68O11/c1-41(38-67)51-24-21-44-22-25-52-48(34-44)19-9-10-30-65(31-12-18-42-13-5-3-6-14-42)62(75-63(51)70)61(59-56(76-65)28-27-54-55(39-68)58(64(71)74-60(54)59)49(29-32-66)40-72-2)73-57(69)37-50-36-47(23-26-53(50)52)46-20-11-17-45(35-46)33-43-15-7-4-8-16-43/h3-8,11,13-17,20,22,25,27-28,34-35,47,49-50,53,61-62,66-68H,12,18-19,21,23-24,26,29-33,36-40H2,1-2H3/b51-41-/t47-,49+,50+,53-,61+,62-,65-/m0/s1. The predicted molar refractivity (Wildman–Crippen MR) is 290 cm³/mol. The number of rotatable bonds is 14. The lowest BCUT2D eigenvalue weighted by Gasteiger charge is -2.47. The third-order valence-electron chi connectivity index (χ3n) is 16.6. The number of benzene rings is 5. The first-order valence-electron chi connectivity index (χ1n) is 27.1. The molecule has 11 nitrogen and oxygen atoms in total. The quantitative estimate of drug-likeness (QED) is 0.0412. The van der Waals surface area contributed by atoms with Crippen molar-refractivity contribution in [1.82, 2.24) is 0 Å². The van der Waals surface area contributed by atoms with Gasteiger partial charge < -0.3 is 38.7 Å². The minimum Gasteiger partial charge on any atom is -0.482 e. The van der Waals surface area contributed by atoms with Gasteiger partial charge in [-0.15, -0.1) is 0 Å². The molecule has 4 aliphatic rings. The number of methoxy groups -OCH3 is 1. The second kappa shape index (κ2) is 23.6. The Morgan fingerprint density at radius 1 is 0.842 bits per heavy atom. The van der Waals surface area contributed by atoms with Crippen molar-refractivity contribution in [3.05, 3.63) is 192 Å². The SMILES string of the molecule is COC[C@@H](CCO)c1c(CO)c2ccc3c(c2oc1=O)[C@H]1OC(=O)C[C@H]2C[C@@H](c4cccc(Cc5ccccc5)c4)CC[C@@H]2c2ccc4cc2CC#CC[C@@](CCCc2ccccc2)(O3)[C@H]1OC(=O)/C(=C(/C)CO)CC4. The molecule has 76 heavy (non-hydrogen) atoms. The van der Waals surface area contributed by atoms with Gasteiger partial charge in [0, 0.05) is 49.0 Å². The van der Waals surface area contributed by atoms with Crippen LogP contribution in [0.15, 0.2) is 136 Å². The first-order chi connectivity index (χ1) is 37.1. The molecule has 4 heterocycles. The highest BCUT2D eigenvalue weighted by Crippen LogP contribution is 2.52. The van der Waals surface area contributed by atoms with Crippen LogP contribution in [0.25, 0.3) is 11.0 Å². The molecule has 11 heteroatoms. The van der Waals surface area contributed by atoms with Crippen LogP contribution < -0.4 is 10.4 Å². The number of hydrogen-bond acceptors (Lipinski definition) is 11. The molecule has 3 aliphatic heterocycles. The number of aryl methyl sites for hydroxylation is 2. The molecule has 1 aromatic heterocycles. The Bertz CT molecular complexity index is 3210. The molecule has 6 aromatic rings. The molecule has 0 saturated heterocycles. The summed E-state index contributed by atoms with van der Waals surface area (Å²) in [7, 11) is 1.50. The average Bonchev–Trinajstić information content (AvgIpc) is 3.42. The zero-order valence-corrected chi connectivity index (χ0v) is 43.6. The molecule has 0 spiro atoms. The topological polar surface area (TPSA) is 162 Å². The molecule has 0 amide bonds. The Kier molecular flexibility index (Phi) is 16.3. The predicted octanol–water partition coefficient (Wildman–Crippen LogP) is 10.6. The summed E-state index contributed by atoms with van der Waals surface area (Å²) in [6.45, 7) is 0.626. The fourth-order valence-corrected chi connectivity index (χ4v) is 12.7. The summed E-state index contributed by atoms with van der Waals surface area (Å²) >= 11 is 0. The van der Waals surface area contributed by atoms with E-state index in [2.05, 4.69) is 90.7 Å². The van der Waals surface area contributed by atoms with E-state index in [4.69, 9.17) is 23.4 Å². The van der Waals surface area contributed by atoms with E-state index >= 15 is 9.59 Å². The van der Waals surface area contributed by atoms with Crippen molar-refractivity contribution in [2.75, 3.05) is 26.9 Å². The molecule has 394 valence electrons.